The molecule has 2 aromatic rings. The molecular weight excluding hydrogens is 250 g/mol. The molecule has 0 spiro atoms. The standard InChI is InChI=1S/C15H19N5/c1-2-8-19-10-6-13(7-11-19)16-12-15-18-17-14-5-3-4-9-20(14)15/h1,3-5,9,13,16H,6-8,10-12H2. The van der Waals surface area contributed by atoms with Crippen LogP contribution in [0.1, 0.15) is 18.7 Å². The lowest BCUT2D eigenvalue weighted by Crippen LogP contribution is -2.42. The number of hydrogen-bond acceptors (Lipinski definition) is 4. The molecule has 0 atom stereocenters. The van der Waals surface area contributed by atoms with Crippen molar-refractivity contribution in [3.63, 3.8) is 0 Å². The van der Waals surface area contributed by atoms with Crippen LogP contribution in [-0.2, 0) is 6.54 Å². The summed E-state index contributed by atoms with van der Waals surface area (Å²) in [7, 11) is 0. The van der Waals surface area contributed by atoms with Crippen LogP contribution >= 0.6 is 0 Å². The van der Waals surface area contributed by atoms with E-state index in [-0.39, 0.29) is 0 Å². The Kier molecular flexibility index (Phi) is 3.95. The Morgan fingerprint density at radius 1 is 1.30 bits per heavy atom. The third kappa shape index (κ3) is 2.82. The van der Waals surface area contributed by atoms with E-state index in [2.05, 4.69) is 26.3 Å². The number of likely N-dealkylation sites (tertiary alicyclic amines) is 1. The van der Waals surface area contributed by atoms with Crippen molar-refractivity contribution in [2.75, 3.05) is 19.6 Å². The summed E-state index contributed by atoms with van der Waals surface area (Å²) in [6.45, 7) is 3.66. The molecule has 1 fully saturated rings. The molecule has 1 N–H and O–H groups in total. The topological polar surface area (TPSA) is 45.5 Å². The van der Waals surface area contributed by atoms with Gasteiger partial charge in [0.1, 0.15) is 0 Å². The average molecular weight is 269 g/mol. The summed E-state index contributed by atoms with van der Waals surface area (Å²) in [4.78, 5) is 2.32. The molecule has 0 aromatic carbocycles. The zero-order chi connectivity index (χ0) is 13.8. The SMILES string of the molecule is C#CCN1CCC(NCc2nnc3ccccn23)CC1. The summed E-state index contributed by atoms with van der Waals surface area (Å²) in [5.74, 6) is 3.68. The fourth-order valence-corrected chi connectivity index (χ4v) is 2.67. The number of fused-ring (bicyclic) bond motifs is 1. The maximum atomic E-state index is 5.34. The lowest BCUT2D eigenvalue weighted by Gasteiger charge is -2.31. The van der Waals surface area contributed by atoms with Gasteiger partial charge in [-0.15, -0.1) is 16.6 Å². The number of piperidine rings is 1. The summed E-state index contributed by atoms with van der Waals surface area (Å²) < 4.78 is 2.03. The molecule has 0 bridgehead atoms. The van der Waals surface area contributed by atoms with Crippen molar-refractivity contribution in [3.05, 3.63) is 30.2 Å². The molecule has 1 aliphatic heterocycles. The van der Waals surface area contributed by atoms with E-state index in [1.165, 1.54) is 0 Å². The number of hydrogen-bond donors (Lipinski definition) is 1. The largest absolute Gasteiger partial charge is 0.307 e. The highest BCUT2D eigenvalue weighted by Crippen LogP contribution is 2.10. The van der Waals surface area contributed by atoms with Crippen LogP contribution in [0.2, 0.25) is 0 Å². The van der Waals surface area contributed by atoms with Crippen LogP contribution in [0, 0.1) is 12.3 Å². The van der Waals surface area contributed by atoms with Crippen molar-refractivity contribution in [2.24, 2.45) is 0 Å². The van der Waals surface area contributed by atoms with E-state index in [1.54, 1.807) is 0 Å². The van der Waals surface area contributed by atoms with Crippen molar-refractivity contribution in [1.82, 2.24) is 24.8 Å². The number of rotatable bonds is 4. The molecule has 3 rings (SSSR count). The molecule has 20 heavy (non-hydrogen) atoms. The Balaban J connectivity index is 1.54. The molecule has 0 unspecified atom stereocenters. The molecule has 3 heterocycles. The Morgan fingerprint density at radius 2 is 2.15 bits per heavy atom. The van der Waals surface area contributed by atoms with E-state index in [9.17, 15) is 0 Å². The van der Waals surface area contributed by atoms with E-state index in [1.807, 2.05) is 28.8 Å². The molecular formula is C15H19N5. The number of terminal acetylenes is 1. The molecule has 5 heteroatoms. The summed E-state index contributed by atoms with van der Waals surface area (Å²) >= 11 is 0. The van der Waals surface area contributed by atoms with Gasteiger partial charge in [-0.3, -0.25) is 9.30 Å². The molecule has 2 aromatic heterocycles. The number of pyridine rings is 1. The van der Waals surface area contributed by atoms with Crippen LogP contribution in [0.5, 0.6) is 0 Å². The van der Waals surface area contributed by atoms with Gasteiger partial charge in [0.15, 0.2) is 11.5 Å². The Hall–Kier alpha value is -1.90. The quantitative estimate of drug-likeness (QED) is 0.838. The average Bonchev–Trinajstić information content (AvgIpc) is 2.90. The molecule has 104 valence electrons. The van der Waals surface area contributed by atoms with Gasteiger partial charge in [-0.2, -0.15) is 0 Å². The normalized spacial score (nSPS) is 17.4. The second-order valence-corrected chi connectivity index (χ2v) is 5.18. The van der Waals surface area contributed by atoms with Crippen molar-refractivity contribution >= 4 is 5.65 Å². The molecule has 5 nitrogen and oxygen atoms in total. The van der Waals surface area contributed by atoms with Crippen LogP contribution in [0.4, 0.5) is 0 Å². The summed E-state index contributed by atoms with van der Waals surface area (Å²) in [6, 6.07) is 6.48. The van der Waals surface area contributed by atoms with Gasteiger partial charge in [-0.1, -0.05) is 12.0 Å². The lowest BCUT2D eigenvalue weighted by atomic mass is 10.1. The minimum atomic E-state index is 0.542. The zero-order valence-corrected chi connectivity index (χ0v) is 11.5. The summed E-state index contributed by atoms with van der Waals surface area (Å²) in [5, 5.41) is 12.0. The predicted molar refractivity (Wildman–Crippen MR) is 78.1 cm³/mol. The first-order valence-corrected chi connectivity index (χ1v) is 7.04. The van der Waals surface area contributed by atoms with Gasteiger partial charge in [-0.05, 0) is 25.0 Å². The molecule has 0 radical (unpaired) electrons. The monoisotopic (exact) mass is 269 g/mol. The third-order valence-corrected chi connectivity index (χ3v) is 3.84. The van der Waals surface area contributed by atoms with Crippen molar-refractivity contribution in [2.45, 2.75) is 25.4 Å². The Morgan fingerprint density at radius 3 is 2.95 bits per heavy atom. The van der Waals surface area contributed by atoms with Gasteiger partial charge in [0.05, 0.1) is 13.1 Å². The molecule has 1 aliphatic rings. The molecule has 0 amide bonds. The molecule has 0 aliphatic carbocycles. The van der Waals surface area contributed by atoms with Crippen LogP contribution < -0.4 is 5.32 Å². The van der Waals surface area contributed by atoms with E-state index in [0.717, 1.165) is 50.5 Å². The van der Waals surface area contributed by atoms with Crippen molar-refractivity contribution < 1.29 is 0 Å². The van der Waals surface area contributed by atoms with Crippen LogP contribution in [0.25, 0.3) is 5.65 Å². The number of nitrogens with one attached hydrogen (secondary N) is 1. The van der Waals surface area contributed by atoms with Crippen LogP contribution in [-0.4, -0.2) is 45.2 Å². The summed E-state index contributed by atoms with van der Waals surface area (Å²) in [5.41, 5.74) is 0.896. The van der Waals surface area contributed by atoms with Gasteiger partial charge < -0.3 is 5.32 Å². The van der Waals surface area contributed by atoms with Gasteiger partial charge >= 0.3 is 0 Å². The smallest absolute Gasteiger partial charge is 0.160 e. The second-order valence-electron chi connectivity index (χ2n) is 5.18. The predicted octanol–water partition coefficient (Wildman–Crippen LogP) is 0.916. The second kappa shape index (κ2) is 6.04. The highest BCUT2D eigenvalue weighted by molar-refractivity contribution is 5.36. The fourth-order valence-electron chi connectivity index (χ4n) is 2.67. The van der Waals surface area contributed by atoms with Crippen LogP contribution in [0.3, 0.4) is 0 Å². The van der Waals surface area contributed by atoms with E-state index in [0.29, 0.717) is 6.04 Å². The van der Waals surface area contributed by atoms with E-state index >= 15 is 0 Å². The fraction of sp³-hybridized carbons (Fsp3) is 0.467. The molecule has 1 saturated heterocycles. The van der Waals surface area contributed by atoms with Gasteiger partial charge in [0, 0.05) is 25.3 Å². The number of nitrogens with zero attached hydrogens (tertiary/aromatic N) is 4. The highest BCUT2D eigenvalue weighted by atomic mass is 15.3. The zero-order valence-electron chi connectivity index (χ0n) is 11.5. The first kappa shape index (κ1) is 13.1. The van der Waals surface area contributed by atoms with Gasteiger partial charge in [0.25, 0.3) is 0 Å². The Labute approximate surface area is 119 Å². The van der Waals surface area contributed by atoms with Gasteiger partial charge in [-0.25, -0.2) is 0 Å². The maximum Gasteiger partial charge on any atom is 0.160 e. The third-order valence-electron chi connectivity index (χ3n) is 3.84. The molecule has 0 saturated carbocycles. The highest BCUT2D eigenvalue weighted by Gasteiger charge is 2.18. The Bertz CT molecular complexity index is 604. The van der Waals surface area contributed by atoms with Crippen molar-refractivity contribution in [3.8, 4) is 12.3 Å². The van der Waals surface area contributed by atoms with Crippen LogP contribution in [0.15, 0.2) is 24.4 Å². The minimum absolute atomic E-state index is 0.542. The lowest BCUT2D eigenvalue weighted by molar-refractivity contribution is 0.216. The van der Waals surface area contributed by atoms with Gasteiger partial charge in [0.2, 0.25) is 0 Å². The van der Waals surface area contributed by atoms with E-state index < -0.39 is 0 Å². The van der Waals surface area contributed by atoms with E-state index in [4.69, 9.17) is 6.42 Å². The first-order valence-electron chi connectivity index (χ1n) is 7.04. The van der Waals surface area contributed by atoms with Crippen molar-refractivity contribution in [1.29, 1.82) is 0 Å². The first-order chi connectivity index (χ1) is 9.86. The number of aromatic nitrogens is 3. The minimum Gasteiger partial charge on any atom is -0.307 e. The maximum absolute atomic E-state index is 5.34. The summed E-state index contributed by atoms with van der Waals surface area (Å²) in [6.07, 6.45) is 9.62.